The van der Waals surface area contributed by atoms with Crippen LogP contribution in [0.5, 0.6) is 0 Å². The number of aliphatic hydroxyl groups is 1. The van der Waals surface area contributed by atoms with Crippen molar-refractivity contribution < 1.29 is 14.3 Å². The summed E-state index contributed by atoms with van der Waals surface area (Å²) in [6.07, 6.45) is 1.06. The standard InChI is InChI=1S/C20H20N2O4/c1-22-16-11-13(7-8-17(16)26-20(22)25)19(24)21-18(14-9-15(23)10-14)12-5-3-2-4-6-12/h2-8,11,14-15,18,23H,9-10H2,1H3,(H,21,24)/t14?,15?,18-/m0/s1. The van der Waals surface area contributed by atoms with Gasteiger partial charge in [-0.05, 0) is 42.5 Å². The van der Waals surface area contributed by atoms with Crippen LogP contribution in [-0.4, -0.2) is 21.7 Å². The van der Waals surface area contributed by atoms with E-state index in [1.807, 2.05) is 30.3 Å². The summed E-state index contributed by atoms with van der Waals surface area (Å²) in [5.41, 5.74) is 2.53. The molecule has 1 fully saturated rings. The van der Waals surface area contributed by atoms with Crippen LogP contribution in [0.25, 0.3) is 11.1 Å². The number of aryl methyl sites for hydroxylation is 1. The first-order valence-electron chi connectivity index (χ1n) is 8.66. The van der Waals surface area contributed by atoms with Crippen molar-refractivity contribution in [2.45, 2.75) is 25.0 Å². The second kappa shape index (κ2) is 6.46. The predicted molar refractivity (Wildman–Crippen MR) is 96.8 cm³/mol. The Morgan fingerprint density at radius 1 is 1.23 bits per heavy atom. The Kier molecular flexibility index (Phi) is 4.12. The maximum Gasteiger partial charge on any atom is 0.419 e. The molecule has 2 N–H and O–H groups in total. The van der Waals surface area contributed by atoms with Crippen molar-refractivity contribution in [2.75, 3.05) is 0 Å². The van der Waals surface area contributed by atoms with Crippen molar-refractivity contribution in [3.63, 3.8) is 0 Å². The Morgan fingerprint density at radius 2 is 1.96 bits per heavy atom. The third-order valence-electron chi connectivity index (χ3n) is 5.12. The van der Waals surface area contributed by atoms with Gasteiger partial charge in [-0.15, -0.1) is 0 Å². The third-order valence-corrected chi connectivity index (χ3v) is 5.12. The van der Waals surface area contributed by atoms with Gasteiger partial charge in [-0.1, -0.05) is 30.3 Å². The Hall–Kier alpha value is -2.86. The molecule has 6 heteroatoms. The van der Waals surface area contributed by atoms with Gasteiger partial charge in [0, 0.05) is 12.6 Å². The highest BCUT2D eigenvalue weighted by atomic mass is 16.4. The summed E-state index contributed by atoms with van der Waals surface area (Å²) in [4.78, 5) is 24.4. The molecule has 1 aliphatic carbocycles. The van der Waals surface area contributed by atoms with E-state index >= 15 is 0 Å². The average Bonchev–Trinajstić information content (AvgIpc) is 2.91. The Morgan fingerprint density at radius 3 is 2.65 bits per heavy atom. The molecule has 0 aliphatic heterocycles. The Labute approximate surface area is 150 Å². The molecule has 0 saturated heterocycles. The molecule has 1 aliphatic rings. The summed E-state index contributed by atoms with van der Waals surface area (Å²) < 4.78 is 6.49. The number of hydrogen-bond donors (Lipinski definition) is 2. The van der Waals surface area contributed by atoms with Gasteiger partial charge in [0.05, 0.1) is 17.7 Å². The molecule has 1 heterocycles. The quantitative estimate of drug-likeness (QED) is 0.755. The molecule has 6 nitrogen and oxygen atoms in total. The number of amides is 1. The molecule has 0 unspecified atom stereocenters. The second-order valence-electron chi connectivity index (χ2n) is 6.86. The zero-order valence-corrected chi connectivity index (χ0v) is 14.4. The van der Waals surface area contributed by atoms with Crippen molar-refractivity contribution in [1.82, 2.24) is 9.88 Å². The maximum atomic E-state index is 12.8. The minimum absolute atomic E-state index is 0.157. The van der Waals surface area contributed by atoms with E-state index in [0.29, 0.717) is 29.5 Å². The zero-order chi connectivity index (χ0) is 18.3. The van der Waals surface area contributed by atoms with Crippen molar-refractivity contribution in [3.8, 4) is 0 Å². The molecular formula is C20H20N2O4. The van der Waals surface area contributed by atoms with Crippen molar-refractivity contribution in [3.05, 3.63) is 70.2 Å². The second-order valence-corrected chi connectivity index (χ2v) is 6.86. The zero-order valence-electron chi connectivity index (χ0n) is 14.4. The topological polar surface area (TPSA) is 84.5 Å². The fourth-order valence-corrected chi connectivity index (χ4v) is 3.53. The van der Waals surface area contributed by atoms with E-state index in [9.17, 15) is 14.7 Å². The molecule has 2 aromatic carbocycles. The minimum Gasteiger partial charge on any atom is -0.408 e. The summed E-state index contributed by atoms with van der Waals surface area (Å²) in [5, 5.41) is 12.8. The fraction of sp³-hybridized carbons (Fsp3) is 0.300. The number of nitrogens with zero attached hydrogens (tertiary/aromatic N) is 1. The molecule has 3 aromatic rings. The average molecular weight is 352 g/mol. The van der Waals surface area contributed by atoms with Crippen molar-refractivity contribution in [1.29, 1.82) is 0 Å². The number of aliphatic hydroxyl groups excluding tert-OH is 1. The lowest BCUT2D eigenvalue weighted by molar-refractivity contribution is 0.0235. The van der Waals surface area contributed by atoms with Gasteiger partial charge < -0.3 is 14.8 Å². The molecule has 4 rings (SSSR count). The predicted octanol–water partition coefficient (Wildman–Crippen LogP) is 2.37. The molecule has 0 spiro atoms. The number of fused-ring (bicyclic) bond motifs is 1. The largest absolute Gasteiger partial charge is 0.419 e. The first kappa shape index (κ1) is 16.6. The molecule has 0 bridgehead atoms. The van der Waals surface area contributed by atoms with Crippen LogP contribution >= 0.6 is 0 Å². The van der Waals surface area contributed by atoms with E-state index in [1.165, 1.54) is 4.57 Å². The van der Waals surface area contributed by atoms with Gasteiger partial charge in [-0.2, -0.15) is 0 Å². The smallest absolute Gasteiger partial charge is 0.408 e. The maximum absolute atomic E-state index is 12.8. The Bertz CT molecular complexity index is 1000. The van der Waals surface area contributed by atoms with Gasteiger partial charge in [0.2, 0.25) is 0 Å². The molecule has 1 atom stereocenters. The molecule has 1 saturated carbocycles. The number of aromatic nitrogens is 1. The molecule has 134 valence electrons. The minimum atomic E-state index is -0.455. The number of oxazole rings is 1. The molecule has 26 heavy (non-hydrogen) atoms. The van der Waals surface area contributed by atoms with E-state index in [2.05, 4.69) is 5.32 Å². The van der Waals surface area contributed by atoms with E-state index < -0.39 is 5.76 Å². The highest BCUT2D eigenvalue weighted by Gasteiger charge is 2.35. The Balaban J connectivity index is 1.62. The van der Waals surface area contributed by atoms with E-state index in [0.717, 1.165) is 5.56 Å². The lowest BCUT2D eigenvalue weighted by atomic mass is 9.75. The van der Waals surface area contributed by atoms with Gasteiger partial charge >= 0.3 is 5.76 Å². The van der Waals surface area contributed by atoms with E-state index in [-0.39, 0.29) is 24.0 Å². The first-order chi connectivity index (χ1) is 12.5. The van der Waals surface area contributed by atoms with Gasteiger partial charge in [0.1, 0.15) is 0 Å². The third kappa shape index (κ3) is 2.93. The van der Waals surface area contributed by atoms with Crippen LogP contribution in [0.2, 0.25) is 0 Å². The molecule has 1 amide bonds. The summed E-state index contributed by atoms with van der Waals surface area (Å²) in [7, 11) is 1.61. The van der Waals surface area contributed by atoms with Gasteiger partial charge in [-0.25, -0.2) is 4.79 Å². The highest BCUT2D eigenvalue weighted by Crippen LogP contribution is 2.38. The highest BCUT2D eigenvalue weighted by molar-refractivity contribution is 5.97. The number of nitrogens with one attached hydrogen (secondary N) is 1. The summed E-state index contributed by atoms with van der Waals surface area (Å²) in [6, 6.07) is 14.6. The van der Waals surface area contributed by atoms with Gasteiger partial charge in [-0.3, -0.25) is 9.36 Å². The fourth-order valence-electron chi connectivity index (χ4n) is 3.53. The number of hydrogen-bond acceptors (Lipinski definition) is 4. The number of rotatable bonds is 4. The lowest BCUT2D eigenvalue weighted by Crippen LogP contribution is -2.41. The summed E-state index contributed by atoms with van der Waals surface area (Å²) in [6.45, 7) is 0. The lowest BCUT2D eigenvalue weighted by Gasteiger charge is -2.38. The first-order valence-corrected chi connectivity index (χ1v) is 8.66. The SMILES string of the molecule is Cn1c(=O)oc2ccc(C(=O)N[C@@H](c3ccccc3)C3CC(O)C3)cc21. The number of carbonyl (C=O) groups excluding carboxylic acids is 1. The van der Waals surface area contributed by atoms with Crippen LogP contribution in [0, 0.1) is 5.92 Å². The molecular weight excluding hydrogens is 332 g/mol. The van der Waals surface area contributed by atoms with E-state index in [1.54, 1.807) is 25.2 Å². The monoisotopic (exact) mass is 352 g/mol. The number of benzene rings is 2. The summed E-state index contributed by atoms with van der Waals surface area (Å²) in [5.74, 6) is -0.461. The van der Waals surface area contributed by atoms with Crippen LogP contribution in [0.4, 0.5) is 0 Å². The van der Waals surface area contributed by atoms with Crippen LogP contribution in [-0.2, 0) is 7.05 Å². The normalized spacial score (nSPS) is 20.5. The molecule has 1 aromatic heterocycles. The van der Waals surface area contributed by atoms with Gasteiger partial charge in [0.15, 0.2) is 5.58 Å². The number of carbonyl (C=O) groups is 1. The van der Waals surface area contributed by atoms with E-state index in [4.69, 9.17) is 4.42 Å². The van der Waals surface area contributed by atoms with Crippen molar-refractivity contribution >= 4 is 17.0 Å². The van der Waals surface area contributed by atoms with Crippen LogP contribution in [0.15, 0.2) is 57.7 Å². The van der Waals surface area contributed by atoms with Crippen LogP contribution in [0.1, 0.15) is 34.8 Å². The van der Waals surface area contributed by atoms with Crippen LogP contribution in [0.3, 0.4) is 0 Å². The van der Waals surface area contributed by atoms with Crippen LogP contribution < -0.4 is 11.1 Å². The molecule has 0 radical (unpaired) electrons. The summed E-state index contributed by atoms with van der Waals surface area (Å²) >= 11 is 0. The van der Waals surface area contributed by atoms with Crippen molar-refractivity contribution in [2.24, 2.45) is 13.0 Å². The van der Waals surface area contributed by atoms with Gasteiger partial charge in [0.25, 0.3) is 5.91 Å².